The summed E-state index contributed by atoms with van der Waals surface area (Å²) in [7, 11) is 0. The van der Waals surface area contributed by atoms with Crippen LogP contribution in [0, 0.1) is 5.82 Å². The van der Waals surface area contributed by atoms with Gasteiger partial charge in [-0.1, -0.05) is 82.9 Å². The van der Waals surface area contributed by atoms with Gasteiger partial charge in [-0.15, -0.1) is 28.7 Å². The number of rotatable bonds is 16. The first-order chi connectivity index (χ1) is 18.0. The summed E-state index contributed by atoms with van der Waals surface area (Å²) >= 11 is 1.82. The molecular formula is C30H43BrFN3O2S. The number of halogens is 2. The second-order valence-corrected chi connectivity index (χ2v) is 10.9. The Labute approximate surface area is 242 Å². The van der Waals surface area contributed by atoms with Gasteiger partial charge in [0.2, 0.25) is 0 Å². The highest BCUT2D eigenvalue weighted by Gasteiger charge is 2.14. The number of unbranched alkanes of at least 4 members (excludes halogenated alkanes) is 9. The molecule has 1 aliphatic rings. The lowest BCUT2D eigenvalue weighted by Gasteiger charge is -2.16. The average Bonchev–Trinajstić information content (AvgIpc) is 3.28. The molecule has 0 aliphatic carbocycles. The van der Waals surface area contributed by atoms with E-state index in [0.717, 1.165) is 30.8 Å². The summed E-state index contributed by atoms with van der Waals surface area (Å²) in [5.74, 6) is 0.556. The van der Waals surface area contributed by atoms with Crippen LogP contribution < -0.4 is 15.4 Å². The molecule has 0 saturated heterocycles. The molecule has 2 aromatic carbocycles. The van der Waals surface area contributed by atoms with Crippen molar-refractivity contribution in [3.05, 3.63) is 65.0 Å². The van der Waals surface area contributed by atoms with Crippen LogP contribution >= 0.6 is 28.7 Å². The van der Waals surface area contributed by atoms with Crippen LogP contribution in [0.15, 0.2) is 53.6 Å². The summed E-state index contributed by atoms with van der Waals surface area (Å²) < 4.78 is 20.3. The Hall–Kier alpha value is -2.19. The first-order valence-electron chi connectivity index (χ1n) is 13.7. The number of anilines is 2. The first kappa shape index (κ1) is 32.0. The first-order valence-corrected chi connectivity index (χ1v) is 14.7. The van der Waals surface area contributed by atoms with Gasteiger partial charge < -0.3 is 20.3 Å². The fourth-order valence-electron chi connectivity index (χ4n) is 4.39. The fraction of sp³-hybridized carbons (Fsp3) is 0.500. The van der Waals surface area contributed by atoms with Gasteiger partial charge in [0.1, 0.15) is 0 Å². The summed E-state index contributed by atoms with van der Waals surface area (Å²) in [5.41, 5.74) is 2.12. The zero-order valence-electron chi connectivity index (χ0n) is 22.8. The van der Waals surface area contributed by atoms with E-state index in [-0.39, 0.29) is 22.7 Å². The van der Waals surface area contributed by atoms with E-state index >= 15 is 0 Å². The van der Waals surface area contributed by atoms with Crippen LogP contribution in [-0.4, -0.2) is 23.4 Å². The molecule has 2 N–H and O–H groups in total. The predicted molar refractivity (Wildman–Crippen MR) is 165 cm³/mol. The highest BCUT2D eigenvalue weighted by atomic mass is 79.9. The number of urea groups is 1. The van der Waals surface area contributed by atoms with Gasteiger partial charge in [-0.3, -0.25) is 0 Å². The SMILES string of the molecule is Br.CCCCCCCCCCCCOc1c(F)cccc1NC(=O)Nc1cccc(CN2C=C(C)SC2)c1. The number of benzene rings is 2. The number of thioether (sulfide) groups is 1. The molecular weight excluding hydrogens is 565 g/mol. The highest BCUT2D eigenvalue weighted by Crippen LogP contribution is 2.29. The quantitative estimate of drug-likeness (QED) is 0.186. The van der Waals surface area contributed by atoms with Crippen molar-refractivity contribution < 1.29 is 13.9 Å². The number of allylic oxidation sites excluding steroid dienone is 1. The summed E-state index contributed by atoms with van der Waals surface area (Å²) in [4.78, 5) is 16.2. The number of nitrogens with zero attached hydrogens (tertiary/aromatic N) is 1. The van der Waals surface area contributed by atoms with Crippen molar-refractivity contribution in [2.45, 2.75) is 84.6 Å². The molecule has 0 bridgehead atoms. The maximum absolute atomic E-state index is 14.5. The molecule has 1 heterocycles. The summed E-state index contributed by atoms with van der Waals surface area (Å²) in [5, 5.41) is 5.61. The molecule has 0 radical (unpaired) electrons. The maximum atomic E-state index is 14.5. The van der Waals surface area contributed by atoms with Gasteiger partial charge in [0, 0.05) is 18.4 Å². The minimum atomic E-state index is -0.473. The van der Waals surface area contributed by atoms with Crippen molar-refractivity contribution in [2.75, 3.05) is 23.1 Å². The monoisotopic (exact) mass is 607 g/mol. The molecule has 0 unspecified atom stereocenters. The van der Waals surface area contributed by atoms with Gasteiger partial charge in [-0.05, 0) is 48.1 Å². The number of para-hydroxylation sites is 1. The van der Waals surface area contributed by atoms with Crippen molar-refractivity contribution in [3.63, 3.8) is 0 Å². The van der Waals surface area contributed by atoms with E-state index in [1.165, 1.54) is 62.3 Å². The van der Waals surface area contributed by atoms with Crippen LogP contribution in [0.5, 0.6) is 5.75 Å². The molecule has 3 rings (SSSR count). The standard InChI is InChI=1S/C30H42FN3O2S.BrH/c1-3-4-5-6-7-8-9-10-11-12-19-36-29-27(31)17-14-18-28(29)33-30(35)32-26-16-13-15-25(20-26)22-34-21-24(2)37-23-34;/h13-18,20-21H,3-12,19,22-23H2,1-2H3,(H2,32,33,35);1H. The molecule has 38 heavy (non-hydrogen) atoms. The molecule has 0 aromatic heterocycles. The minimum Gasteiger partial charge on any atom is -0.488 e. The lowest BCUT2D eigenvalue weighted by Crippen LogP contribution is -2.20. The Bertz CT molecular complexity index is 1020. The van der Waals surface area contributed by atoms with Gasteiger partial charge in [-0.25, -0.2) is 9.18 Å². The van der Waals surface area contributed by atoms with Crippen molar-refractivity contribution in [2.24, 2.45) is 0 Å². The van der Waals surface area contributed by atoms with E-state index in [0.29, 0.717) is 18.0 Å². The molecule has 8 heteroatoms. The third-order valence-corrected chi connectivity index (χ3v) is 7.37. The van der Waals surface area contributed by atoms with Gasteiger partial charge in [0.05, 0.1) is 18.2 Å². The Balaban J connectivity index is 0.00000507. The molecule has 5 nitrogen and oxygen atoms in total. The molecule has 2 aromatic rings. The Morgan fingerprint density at radius 1 is 0.974 bits per heavy atom. The third kappa shape index (κ3) is 11.7. The lowest BCUT2D eigenvalue weighted by molar-refractivity contribution is 0.261. The Morgan fingerprint density at radius 3 is 2.34 bits per heavy atom. The predicted octanol–water partition coefficient (Wildman–Crippen LogP) is 9.71. The largest absolute Gasteiger partial charge is 0.488 e. The van der Waals surface area contributed by atoms with E-state index in [9.17, 15) is 9.18 Å². The molecule has 0 fully saturated rings. The smallest absolute Gasteiger partial charge is 0.323 e. The second kappa shape index (κ2) is 18.2. The number of carbonyl (C=O) groups excluding carboxylic acids is 1. The van der Waals surface area contributed by atoms with E-state index in [1.54, 1.807) is 12.1 Å². The van der Waals surface area contributed by atoms with Crippen LogP contribution in [0.3, 0.4) is 0 Å². The third-order valence-electron chi connectivity index (χ3n) is 6.35. The lowest BCUT2D eigenvalue weighted by atomic mass is 10.1. The molecule has 0 saturated carbocycles. The zero-order chi connectivity index (χ0) is 26.3. The Kier molecular flexibility index (Phi) is 15.3. The summed E-state index contributed by atoms with van der Waals surface area (Å²) in [6.07, 6.45) is 14.4. The second-order valence-electron chi connectivity index (χ2n) is 9.69. The van der Waals surface area contributed by atoms with E-state index < -0.39 is 11.8 Å². The van der Waals surface area contributed by atoms with Crippen LogP contribution in [0.25, 0.3) is 0 Å². The average molecular weight is 609 g/mol. The number of nitrogens with one attached hydrogen (secondary N) is 2. The zero-order valence-corrected chi connectivity index (χ0v) is 25.3. The van der Waals surface area contributed by atoms with E-state index in [2.05, 4.69) is 35.6 Å². The van der Waals surface area contributed by atoms with E-state index in [1.807, 2.05) is 36.0 Å². The van der Waals surface area contributed by atoms with Gasteiger partial charge >= 0.3 is 6.03 Å². The summed E-state index contributed by atoms with van der Waals surface area (Å²) in [6, 6.07) is 11.9. The molecule has 0 atom stereocenters. The number of hydrogen-bond acceptors (Lipinski definition) is 4. The molecule has 2 amide bonds. The topological polar surface area (TPSA) is 53.6 Å². The van der Waals surface area contributed by atoms with Crippen LogP contribution in [0.2, 0.25) is 0 Å². The van der Waals surface area contributed by atoms with Crippen LogP contribution in [-0.2, 0) is 6.54 Å². The van der Waals surface area contributed by atoms with Crippen molar-refractivity contribution >= 4 is 46.1 Å². The van der Waals surface area contributed by atoms with Crippen LogP contribution in [0.4, 0.5) is 20.6 Å². The Morgan fingerprint density at radius 2 is 1.66 bits per heavy atom. The van der Waals surface area contributed by atoms with Gasteiger partial charge in [-0.2, -0.15) is 0 Å². The van der Waals surface area contributed by atoms with Crippen LogP contribution in [0.1, 0.15) is 83.6 Å². The highest BCUT2D eigenvalue weighted by molar-refractivity contribution is 8.93. The number of amides is 2. The number of hydrogen-bond donors (Lipinski definition) is 2. The number of ether oxygens (including phenoxy) is 1. The minimum absolute atomic E-state index is 0. The van der Waals surface area contributed by atoms with Crippen molar-refractivity contribution in [3.8, 4) is 5.75 Å². The van der Waals surface area contributed by atoms with Crippen molar-refractivity contribution in [1.29, 1.82) is 0 Å². The number of carbonyl (C=O) groups is 1. The maximum Gasteiger partial charge on any atom is 0.323 e. The van der Waals surface area contributed by atoms with Gasteiger partial charge in [0.25, 0.3) is 0 Å². The summed E-state index contributed by atoms with van der Waals surface area (Å²) in [6.45, 7) is 5.56. The van der Waals surface area contributed by atoms with Crippen molar-refractivity contribution in [1.82, 2.24) is 4.90 Å². The molecule has 210 valence electrons. The fourth-order valence-corrected chi connectivity index (χ4v) is 5.15. The molecule has 0 spiro atoms. The normalized spacial score (nSPS) is 12.6. The molecule has 1 aliphatic heterocycles. The van der Waals surface area contributed by atoms with Gasteiger partial charge in [0.15, 0.2) is 11.6 Å². The van der Waals surface area contributed by atoms with E-state index in [4.69, 9.17) is 4.74 Å².